The lowest BCUT2D eigenvalue weighted by molar-refractivity contribution is -0.384. The molecule has 0 aliphatic rings. The molecule has 1 amide bonds. The number of hydrogen-bond donors (Lipinski definition) is 1. The van der Waals surface area contributed by atoms with Gasteiger partial charge in [-0.1, -0.05) is 44.2 Å². The second kappa shape index (κ2) is 9.85. The van der Waals surface area contributed by atoms with Crippen LogP contribution in [0.15, 0.2) is 48.5 Å². The summed E-state index contributed by atoms with van der Waals surface area (Å²) in [7, 11) is 3.61. The molecule has 1 unspecified atom stereocenters. The van der Waals surface area contributed by atoms with E-state index >= 15 is 0 Å². The van der Waals surface area contributed by atoms with Crippen LogP contribution in [0.2, 0.25) is 0 Å². The molecule has 7 heteroatoms. The Bertz CT molecular complexity index is 805. The Morgan fingerprint density at radius 2 is 1.75 bits per heavy atom. The van der Waals surface area contributed by atoms with Gasteiger partial charge in [-0.2, -0.15) is 0 Å². The van der Waals surface area contributed by atoms with Gasteiger partial charge in [0.25, 0.3) is 11.6 Å². The van der Waals surface area contributed by atoms with Crippen molar-refractivity contribution in [2.24, 2.45) is 0 Å². The monoisotopic (exact) mass is 384 g/mol. The average molecular weight is 384 g/mol. The number of benzene rings is 2. The van der Waals surface area contributed by atoms with E-state index in [0.29, 0.717) is 17.8 Å². The molecule has 0 aliphatic heterocycles. The average Bonchev–Trinajstić information content (AvgIpc) is 2.70. The van der Waals surface area contributed by atoms with E-state index in [2.05, 4.69) is 24.1 Å². The number of nitrogens with one attached hydrogen (secondary N) is 1. The van der Waals surface area contributed by atoms with Crippen LogP contribution in [0.5, 0.6) is 0 Å². The Morgan fingerprint density at radius 1 is 1.11 bits per heavy atom. The summed E-state index contributed by atoms with van der Waals surface area (Å²) in [5.41, 5.74) is 1.96. The summed E-state index contributed by atoms with van der Waals surface area (Å²) in [4.78, 5) is 27.6. The molecule has 0 aromatic heterocycles. The summed E-state index contributed by atoms with van der Waals surface area (Å²) >= 11 is 0. The quantitative estimate of drug-likeness (QED) is 0.529. The van der Waals surface area contributed by atoms with Crippen LogP contribution in [0, 0.1) is 10.1 Å². The molecule has 0 heterocycles. The van der Waals surface area contributed by atoms with Gasteiger partial charge >= 0.3 is 0 Å². The van der Waals surface area contributed by atoms with Gasteiger partial charge in [0, 0.05) is 38.5 Å². The van der Waals surface area contributed by atoms with Gasteiger partial charge in [0.1, 0.15) is 0 Å². The van der Waals surface area contributed by atoms with Crippen molar-refractivity contribution in [1.82, 2.24) is 10.2 Å². The van der Waals surface area contributed by atoms with Crippen LogP contribution in [-0.2, 0) is 0 Å². The van der Waals surface area contributed by atoms with Gasteiger partial charge in [0.15, 0.2) is 0 Å². The maximum Gasteiger partial charge on any atom is 0.270 e. The SMILES string of the molecule is CCN(CC)C(CNC(=O)c1cc([N+](=O)[O-])ccc1N(C)C)c1ccccc1. The molecule has 0 spiro atoms. The zero-order valence-electron chi connectivity index (χ0n) is 16.9. The summed E-state index contributed by atoms with van der Waals surface area (Å²) < 4.78 is 0. The number of carbonyl (C=O) groups is 1. The molecule has 1 N–H and O–H groups in total. The molecule has 0 bridgehead atoms. The van der Waals surface area contributed by atoms with Crippen LogP contribution in [0.25, 0.3) is 0 Å². The lowest BCUT2D eigenvalue weighted by atomic mass is 10.0. The van der Waals surface area contributed by atoms with Crippen LogP contribution < -0.4 is 10.2 Å². The molecule has 2 aromatic carbocycles. The highest BCUT2D eigenvalue weighted by molar-refractivity contribution is 6.00. The molecular weight excluding hydrogens is 356 g/mol. The van der Waals surface area contributed by atoms with Crippen LogP contribution in [0.4, 0.5) is 11.4 Å². The Morgan fingerprint density at radius 3 is 2.29 bits per heavy atom. The Hall–Kier alpha value is -2.93. The van der Waals surface area contributed by atoms with Crippen molar-refractivity contribution in [2.75, 3.05) is 38.6 Å². The fourth-order valence-corrected chi connectivity index (χ4v) is 3.29. The summed E-state index contributed by atoms with van der Waals surface area (Å²) in [5, 5.41) is 14.1. The van der Waals surface area contributed by atoms with E-state index in [9.17, 15) is 14.9 Å². The first-order valence-electron chi connectivity index (χ1n) is 9.41. The number of non-ortho nitro benzene ring substituents is 1. The molecule has 7 nitrogen and oxygen atoms in total. The molecule has 0 radical (unpaired) electrons. The Labute approximate surface area is 166 Å². The topological polar surface area (TPSA) is 78.7 Å². The van der Waals surface area contributed by atoms with Crippen molar-refractivity contribution in [3.63, 3.8) is 0 Å². The lowest BCUT2D eigenvalue weighted by Crippen LogP contribution is -2.38. The van der Waals surface area contributed by atoms with E-state index in [0.717, 1.165) is 18.7 Å². The molecule has 28 heavy (non-hydrogen) atoms. The first kappa shape index (κ1) is 21.4. The van der Waals surface area contributed by atoms with Crippen LogP contribution in [0.1, 0.15) is 35.8 Å². The van der Waals surface area contributed by atoms with Crippen LogP contribution in [-0.4, -0.2) is 49.5 Å². The van der Waals surface area contributed by atoms with E-state index < -0.39 is 4.92 Å². The minimum Gasteiger partial charge on any atom is -0.377 e. The highest BCUT2D eigenvalue weighted by Crippen LogP contribution is 2.25. The maximum absolute atomic E-state index is 12.9. The normalized spacial score (nSPS) is 11.9. The second-order valence-corrected chi connectivity index (χ2v) is 6.71. The predicted molar refractivity (Wildman–Crippen MR) is 112 cm³/mol. The van der Waals surface area contributed by atoms with E-state index in [1.54, 1.807) is 25.1 Å². The molecule has 0 saturated heterocycles. The summed E-state index contributed by atoms with van der Waals surface area (Å²) in [5.74, 6) is -0.319. The first-order chi connectivity index (χ1) is 13.4. The van der Waals surface area contributed by atoms with Gasteiger partial charge in [-0.05, 0) is 24.7 Å². The summed E-state index contributed by atoms with van der Waals surface area (Å²) in [6.07, 6.45) is 0. The zero-order chi connectivity index (χ0) is 20.7. The molecule has 0 saturated carbocycles. The smallest absolute Gasteiger partial charge is 0.270 e. The Kier molecular flexibility index (Phi) is 7.52. The van der Waals surface area contributed by atoms with Crippen molar-refractivity contribution < 1.29 is 9.72 Å². The van der Waals surface area contributed by atoms with E-state index in [1.165, 1.54) is 12.1 Å². The van der Waals surface area contributed by atoms with E-state index in [1.807, 2.05) is 30.3 Å². The predicted octanol–water partition coefficient (Wildman–Crippen LogP) is 3.47. The highest BCUT2D eigenvalue weighted by Gasteiger charge is 2.22. The standard InChI is InChI=1S/C21H28N4O3/c1-5-24(6-2)20(16-10-8-7-9-11-16)15-22-21(26)18-14-17(25(27)28)12-13-19(18)23(3)4/h7-14,20H,5-6,15H2,1-4H3,(H,22,26). The van der Waals surface area contributed by atoms with Gasteiger partial charge in [0.2, 0.25) is 0 Å². The minimum absolute atomic E-state index is 0.0293. The third-order valence-corrected chi connectivity index (χ3v) is 4.81. The second-order valence-electron chi connectivity index (χ2n) is 6.71. The number of amides is 1. The van der Waals surface area contributed by atoms with Gasteiger partial charge in [0.05, 0.1) is 16.5 Å². The molecule has 2 rings (SSSR count). The first-order valence-corrected chi connectivity index (χ1v) is 9.41. The number of nitro groups is 1. The minimum atomic E-state index is -0.487. The maximum atomic E-state index is 12.9. The van der Waals surface area contributed by atoms with Crippen molar-refractivity contribution >= 4 is 17.3 Å². The molecule has 1 atom stereocenters. The fraction of sp³-hybridized carbons (Fsp3) is 0.381. The Balaban J connectivity index is 2.27. The highest BCUT2D eigenvalue weighted by atomic mass is 16.6. The third-order valence-electron chi connectivity index (χ3n) is 4.81. The molecular formula is C21H28N4O3. The molecule has 0 aliphatic carbocycles. The summed E-state index contributed by atoms with van der Waals surface area (Å²) in [6.45, 7) is 6.30. The van der Waals surface area contributed by atoms with Crippen molar-refractivity contribution in [3.8, 4) is 0 Å². The van der Waals surface area contributed by atoms with Crippen molar-refractivity contribution in [2.45, 2.75) is 19.9 Å². The van der Waals surface area contributed by atoms with E-state index in [4.69, 9.17) is 0 Å². The molecule has 2 aromatic rings. The van der Waals surface area contributed by atoms with Crippen molar-refractivity contribution in [3.05, 3.63) is 69.8 Å². The van der Waals surface area contributed by atoms with Crippen LogP contribution in [0.3, 0.4) is 0 Å². The number of rotatable bonds is 9. The van der Waals surface area contributed by atoms with Gasteiger partial charge in [-0.3, -0.25) is 19.8 Å². The number of likely N-dealkylation sites (N-methyl/N-ethyl adjacent to an activating group) is 1. The third kappa shape index (κ3) is 5.07. The number of anilines is 1. The largest absolute Gasteiger partial charge is 0.377 e. The van der Waals surface area contributed by atoms with E-state index in [-0.39, 0.29) is 17.6 Å². The van der Waals surface area contributed by atoms with Gasteiger partial charge in [-0.15, -0.1) is 0 Å². The number of carbonyl (C=O) groups excluding carboxylic acids is 1. The summed E-state index contributed by atoms with van der Waals surface area (Å²) in [6, 6.07) is 14.4. The van der Waals surface area contributed by atoms with Crippen molar-refractivity contribution in [1.29, 1.82) is 0 Å². The zero-order valence-corrected chi connectivity index (χ0v) is 16.9. The fourth-order valence-electron chi connectivity index (χ4n) is 3.29. The van der Waals surface area contributed by atoms with Gasteiger partial charge in [-0.25, -0.2) is 0 Å². The number of nitro benzene ring substituents is 1. The number of nitrogens with zero attached hydrogens (tertiary/aromatic N) is 3. The molecule has 150 valence electrons. The number of hydrogen-bond acceptors (Lipinski definition) is 5. The molecule has 0 fully saturated rings. The van der Waals surface area contributed by atoms with Crippen LogP contribution >= 0.6 is 0 Å². The van der Waals surface area contributed by atoms with Gasteiger partial charge < -0.3 is 10.2 Å². The lowest BCUT2D eigenvalue weighted by Gasteiger charge is -2.30.